The fourth-order valence-electron chi connectivity index (χ4n) is 2.70. The van der Waals surface area contributed by atoms with Gasteiger partial charge in [0.2, 0.25) is 0 Å². The summed E-state index contributed by atoms with van der Waals surface area (Å²) in [7, 11) is 4.05. The molecular weight excluding hydrogens is 250 g/mol. The van der Waals surface area contributed by atoms with Gasteiger partial charge in [0.25, 0.3) is 5.56 Å². The number of hydrogen-bond acceptors (Lipinski definition) is 3. The molecule has 0 spiro atoms. The number of aryl methyl sites for hydroxylation is 2. The second-order valence-electron chi connectivity index (χ2n) is 5.76. The molecule has 0 N–H and O–H groups in total. The molecular formula is C16H23N3O. The summed E-state index contributed by atoms with van der Waals surface area (Å²) in [6.07, 6.45) is 2.61. The van der Waals surface area contributed by atoms with E-state index in [2.05, 4.69) is 22.9 Å². The molecule has 0 saturated carbocycles. The predicted octanol–water partition coefficient (Wildman–Crippen LogP) is 2.53. The number of rotatable bonds is 4. The molecule has 0 amide bonds. The molecule has 1 atom stereocenters. The van der Waals surface area contributed by atoms with Crippen molar-refractivity contribution in [2.24, 2.45) is 0 Å². The largest absolute Gasteiger partial charge is 0.307 e. The van der Waals surface area contributed by atoms with Crippen molar-refractivity contribution in [2.75, 3.05) is 20.6 Å². The third-order valence-corrected chi connectivity index (χ3v) is 3.66. The van der Waals surface area contributed by atoms with Gasteiger partial charge < -0.3 is 4.90 Å². The maximum atomic E-state index is 12.7. The van der Waals surface area contributed by atoms with Crippen LogP contribution in [0.1, 0.15) is 30.5 Å². The van der Waals surface area contributed by atoms with E-state index in [0.29, 0.717) is 0 Å². The Morgan fingerprint density at radius 2 is 2.00 bits per heavy atom. The first-order valence-corrected chi connectivity index (χ1v) is 7.06. The van der Waals surface area contributed by atoms with Crippen molar-refractivity contribution >= 4 is 10.9 Å². The minimum Gasteiger partial charge on any atom is -0.307 e. The summed E-state index contributed by atoms with van der Waals surface area (Å²) in [5, 5.41) is 0.724. The zero-order valence-corrected chi connectivity index (χ0v) is 13.0. The number of hydrogen-bond donors (Lipinski definition) is 0. The monoisotopic (exact) mass is 273 g/mol. The molecule has 0 aliphatic heterocycles. The van der Waals surface area contributed by atoms with Gasteiger partial charge in [-0.05, 0) is 51.6 Å². The lowest BCUT2D eigenvalue weighted by Gasteiger charge is -2.22. The number of benzene rings is 1. The lowest BCUT2D eigenvalue weighted by molar-refractivity contribution is 0.311. The van der Waals surface area contributed by atoms with Crippen LogP contribution >= 0.6 is 0 Å². The van der Waals surface area contributed by atoms with Gasteiger partial charge in [0, 0.05) is 6.54 Å². The third-order valence-electron chi connectivity index (χ3n) is 3.66. The van der Waals surface area contributed by atoms with Crippen molar-refractivity contribution in [1.29, 1.82) is 0 Å². The zero-order valence-electron chi connectivity index (χ0n) is 13.0. The summed E-state index contributed by atoms with van der Waals surface area (Å²) >= 11 is 0. The van der Waals surface area contributed by atoms with Gasteiger partial charge in [0.1, 0.15) is 0 Å². The van der Waals surface area contributed by atoms with Crippen LogP contribution in [0.3, 0.4) is 0 Å². The van der Waals surface area contributed by atoms with Crippen LogP contribution < -0.4 is 5.56 Å². The highest BCUT2D eigenvalue weighted by atomic mass is 16.1. The van der Waals surface area contributed by atoms with Crippen LogP contribution in [0.25, 0.3) is 10.9 Å². The smallest absolute Gasteiger partial charge is 0.261 e. The fraction of sp³-hybridized carbons (Fsp3) is 0.500. The molecule has 20 heavy (non-hydrogen) atoms. The summed E-state index contributed by atoms with van der Waals surface area (Å²) in [6.45, 7) is 6.96. The highest BCUT2D eigenvalue weighted by Crippen LogP contribution is 2.17. The second kappa shape index (κ2) is 5.75. The van der Waals surface area contributed by atoms with E-state index in [-0.39, 0.29) is 11.6 Å². The lowest BCUT2D eigenvalue weighted by atomic mass is 10.1. The first kappa shape index (κ1) is 14.7. The molecule has 108 valence electrons. The van der Waals surface area contributed by atoms with Crippen molar-refractivity contribution in [2.45, 2.75) is 33.2 Å². The Morgan fingerprint density at radius 3 is 2.60 bits per heavy atom. The molecule has 2 aromatic rings. The molecule has 1 unspecified atom stereocenters. The number of nitrogens with zero attached hydrogens (tertiary/aromatic N) is 3. The lowest BCUT2D eigenvalue weighted by Crippen LogP contribution is -2.31. The molecule has 0 aliphatic rings. The Balaban J connectivity index is 2.62. The Morgan fingerprint density at radius 1 is 1.30 bits per heavy atom. The van der Waals surface area contributed by atoms with E-state index in [1.807, 2.05) is 34.0 Å². The van der Waals surface area contributed by atoms with Gasteiger partial charge in [-0.15, -0.1) is 0 Å². The third kappa shape index (κ3) is 2.75. The minimum atomic E-state index is 0.0653. The molecule has 0 aliphatic carbocycles. The molecule has 0 saturated heterocycles. The topological polar surface area (TPSA) is 38.1 Å². The molecule has 4 heteroatoms. The van der Waals surface area contributed by atoms with Gasteiger partial charge in [0.15, 0.2) is 0 Å². The van der Waals surface area contributed by atoms with E-state index in [1.54, 1.807) is 10.9 Å². The van der Waals surface area contributed by atoms with E-state index in [9.17, 15) is 4.79 Å². The van der Waals surface area contributed by atoms with E-state index in [4.69, 9.17) is 0 Å². The quantitative estimate of drug-likeness (QED) is 0.859. The Hall–Kier alpha value is -1.68. The summed E-state index contributed by atoms with van der Waals surface area (Å²) in [5.74, 6) is 0. The van der Waals surface area contributed by atoms with Gasteiger partial charge in [-0.25, -0.2) is 4.98 Å². The molecule has 1 heterocycles. The van der Waals surface area contributed by atoms with Crippen LogP contribution in [0, 0.1) is 13.8 Å². The second-order valence-corrected chi connectivity index (χ2v) is 5.76. The molecule has 4 nitrogen and oxygen atoms in total. The zero-order chi connectivity index (χ0) is 14.9. The van der Waals surface area contributed by atoms with Crippen LogP contribution in [0.2, 0.25) is 0 Å². The SMILES string of the molecule is CCC(CN(C)C)n1cnc2c(C)cc(C)cc2c1=O. The molecule has 0 bridgehead atoms. The van der Waals surface area contributed by atoms with E-state index in [1.165, 1.54) is 0 Å². The Kier molecular flexibility index (Phi) is 4.23. The summed E-state index contributed by atoms with van der Waals surface area (Å²) < 4.78 is 1.78. The highest BCUT2D eigenvalue weighted by Gasteiger charge is 2.14. The van der Waals surface area contributed by atoms with Crippen LogP contribution in [0.4, 0.5) is 0 Å². The summed E-state index contributed by atoms with van der Waals surface area (Å²) in [4.78, 5) is 19.3. The van der Waals surface area contributed by atoms with Crippen molar-refractivity contribution in [1.82, 2.24) is 14.5 Å². The van der Waals surface area contributed by atoms with Gasteiger partial charge in [-0.2, -0.15) is 0 Å². The molecule has 0 fully saturated rings. The average molecular weight is 273 g/mol. The maximum Gasteiger partial charge on any atom is 0.261 e. The fourth-order valence-corrected chi connectivity index (χ4v) is 2.70. The van der Waals surface area contributed by atoms with Crippen molar-refractivity contribution in [3.8, 4) is 0 Å². The normalized spacial score (nSPS) is 13.1. The minimum absolute atomic E-state index is 0.0653. The van der Waals surface area contributed by atoms with Crippen LogP contribution in [-0.2, 0) is 0 Å². The highest BCUT2D eigenvalue weighted by molar-refractivity contribution is 5.81. The van der Waals surface area contributed by atoms with E-state index in [0.717, 1.165) is 35.0 Å². The first-order chi connectivity index (χ1) is 9.43. The van der Waals surface area contributed by atoms with E-state index < -0.39 is 0 Å². The van der Waals surface area contributed by atoms with E-state index >= 15 is 0 Å². The summed E-state index contributed by atoms with van der Waals surface area (Å²) in [5.41, 5.74) is 3.05. The van der Waals surface area contributed by atoms with Crippen LogP contribution in [0.5, 0.6) is 0 Å². The molecule has 1 aromatic carbocycles. The molecule has 0 radical (unpaired) electrons. The van der Waals surface area contributed by atoms with Gasteiger partial charge in [0.05, 0.1) is 23.3 Å². The standard InChI is InChI=1S/C16H23N3O/c1-6-13(9-18(4)5)19-10-17-15-12(3)7-11(2)8-14(15)16(19)20/h7-8,10,13H,6,9H2,1-5H3. The van der Waals surface area contributed by atoms with Crippen LogP contribution in [0.15, 0.2) is 23.3 Å². The predicted molar refractivity (Wildman–Crippen MR) is 83.4 cm³/mol. The summed E-state index contributed by atoms with van der Waals surface area (Å²) in [6, 6.07) is 4.17. The van der Waals surface area contributed by atoms with Crippen molar-refractivity contribution in [3.63, 3.8) is 0 Å². The van der Waals surface area contributed by atoms with Crippen molar-refractivity contribution in [3.05, 3.63) is 39.9 Å². The Labute approximate surface area is 120 Å². The van der Waals surface area contributed by atoms with Gasteiger partial charge in [-0.1, -0.05) is 13.0 Å². The van der Waals surface area contributed by atoms with Gasteiger partial charge >= 0.3 is 0 Å². The molecule has 1 aromatic heterocycles. The Bertz CT molecular complexity index is 673. The van der Waals surface area contributed by atoms with Gasteiger partial charge in [-0.3, -0.25) is 9.36 Å². The number of aromatic nitrogens is 2. The first-order valence-electron chi connectivity index (χ1n) is 7.06. The number of fused-ring (bicyclic) bond motifs is 1. The maximum absolute atomic E-state index is 12.7. The average Bonchev–Trinajstić information content (AvgIpc) is 2.37. The number of likely N-dealkylation sites (N-methyl/N-ethyl adjacent to an activating group) is 1. The molecule has 2 rings (SSSR count). The van der Waals surface area contributed by atoms with Crippen LogP contribution in [-0.4, -0.2) is 35.1 Å². The van der Waals surface area contributed by atoms with Crippen molar-refractivity contribution < 1.29 is 0 Å².